The van der Waals surface area contributed by atoms with Crippen molar-refractivity contribution in [3.63, 3.8) is 0 Å². The van der Waals surface area contributed by atoms with Crippen molar-refractivity contribution < 1.29 is 17.5 Å². The quantitative estimate of drug-likeness (QED) is 0.672. The van der Waals surface area contributed by atoms with Gasteiger partial charge >= 0.3 is 0 Å². The van der Waals surface area contributed by atoms with Crippen molar-refractivity contribution in [3.8, 4) is 5.75 Å². The summed E-state index contributed by atoms with van der Waals surface area (Å²) in [6, 6.07) is 11.5. The standard InChI is InChI=1S/C22H29FN2O3S/c1-4-17(3)21-16-20(10-11-22(21)28-5-2)29(26,27)25-14-12-24(13-15-25)19-8-6-18(23)7-9-19/h6-11,16-17H,4-5,12-15H2,1-3H3/t17-/m0/s1. The first kappa shape index (κ1) is 21.6. The maximum atomic E-state index is 13.2. The van der Waals surface area contributed by atoms with Crippen molar-refractivity contribution in [2.24, 2.45) is 0 Å². The first-order chi connectivity index (χ1) is 13.9. The van der Waals surface area contributed by atoms with Gasteiger partial charge in [-0.2, -0.15) is 4.31 Å². The largest absolute Gasteiger partial charge is 0.494 e. The summed E-state index contributed by atoms with van der Waals surface area (Å²) in [5, 5.41) is 0. The van der Waals surface area contributed by atoms with E-state index in [1.807, 2.05) is 6.92 Å². The molecule has 1 fully saturated rings. The molecule has 2 aromatic rings. The molecule has 0 spiro atoms. The number of halogens is 1. The lowest BCUT2D eigenvalue weighted by Crippen LogP contribution is -2.48. The lowest BCUT2D eigenvalue weighted by atomic mass is 9.98. The van der Waals surface area contributed by atoms with Gasteiger partial charge in [0.05, 0.1) is 11.5 Å². The average Bonchev–Trinajstić information content (AvgIpc) is 2.74. The van der Waals surface area contributed by atoms with Gasteiger partial charge < -0.3 is 9.64 Å². The Bertz CT molecular complexity index is 924. The Morgan fingerprint density at radius 1 is 1.03 bits per heavy atom. The van der Waals surface area contributed by atoms with Crippen LogP contribution in [0.4, 0.5) is 10.1 Å². The van der Waals surface area contributed by atoms with Crippen LogP contribution in [0.3, 0.4) is 0 Å². The molecule has 3 rings (SSSR count). The Labute approximate surface area is 173 Å². The number of hydrogen-bond acceptors (Lipinski definition) is 4. The number of hydrogen-bond donors (Lipinski definition) is 0. The van der Waals surface area contributed by atoms with E-state index in [2.05, 4.69) is 18.7 Å². The van der Waals surface area contributed by atoms with Gasteiger partial charge in [-0.1, -0.05) is 13.8 Å². The lowest BCUT2D eigenvalue weighted by Gasteiger charge is -2.35. The number of piperazine rings is 1. The zero-order valence-corrected chi connectivity index (χ0v) is 18.1. The highest BCUT2D eigenvalue weighted by atomic mass is 32.2. The van der Waals surface area contributed by atoms with Gasteiger partial charge in [-0.3, -0.25) is 0 Å². The number of benzene rings is 2. The van der Waals surface area contributed by atoms with Crippen molar-refractivity contribution in [2.45, 2.75) is 38.0 Å². The second-order valence-electron chi connectivity index (χ2n) is 7.31. The van der Waals surface area contributed by atoms with Gasteiger partial charge in [0, 0.05) is 31.9 Å². The molecule has 29 heavy (non-hydrogen) atoms. The van der Waals surface area contributed by atoms with Gasteiger partial charge in [-0.25, -0.2) is 12.8 Å². The minimum atomic E-state index is -3.58. The van der Waals surface area contributed by atoms with E-state index in [9.17, 15) is 12.8 Å². The zero-order valence-electron chi connectivity index (χ0n) is 17.3. The predicted octanol–water partition coefficient (Wildman–Crippen LogP) is 4.25. The molecule has 0 amide bonds. The minimum Gasteiger partial charge on any atom is -0.494 e. The maximum absolute atomic E-state index is 13.2. The Hall–Kier alpha value is -2.12. The monoisotopic (exact) mass is 420 g/mol. The third-order valence-corrected chi connectivity index (χ3v) is 7.39. The molecule has 1 aliphatic heterocycles. The van der Waals surface area contributed by atoms with Gasteiger partial charge in [-0.05, 0) is 67.3 Å². The number of sulfonamides is 1. The van der Waals surface area contributed by atoms with Crippen molar-refractivity contribution in [3.05, 3.63) is 53.8 Å². The second kappa shape index (κ2) is 9.13. The van der Waals surface area contributed by atoms with Crippen LogP contribution in [0, 0.1) is 5.82 Å². The molecular weight excluding hydrogens is 391 g/mol. The maximum Gasteiger partial charge on any atom is 0.243 e. The van der Waals surface area contributed by atoms with Crippen LogP contribution < -0.4 is 9.64 Å². The van der Waals surface area contributed by atoms with Crippen LogP contribution in [0.1, 0.15) is 38.7 Å². The summed E-state index contributed by atoms with van der Waals surface area (Å²) in [6.45, 7) is 8.55. The third kappa shape index (κ3) is 4.73. The minimum absolute atomic E-state index is 0.210. The molecular formula is C22H29FN2O3S. The van der Waals surface area contributed by atoms with Crippen molar-refractivity contribution >= 4 is 15.7 Å². The summed E-state index contributed by atoms with van der Waals surface area (Å²) in [7, 11) is -3.58. The van der Waals surface area contributed by atoms with E-state index in [1.165, 1.54) is 16.4 Å². The molecule has 0 N–H and O–H groups in total. The molecule has 158 valence electrons. The smallest absolute Gasteiger partial charge is 0.243 e. The van der Waals surface area contributed by atoms with Gasteiger partial charge in [0.25, 0.3) is 0 Å². The molecule has 2 aromatic carbocycles. The second-order valence-corrected chi connectivity index (χ2v) is 9.25. The summed E-state index contributed by atoms with van der Waals surface area (Å²) in [4.78, 5) is 2.39. The summed E-state index contributed by atoms with van der Waals surface area (Å²) in [5.41, 5.74) is 1.84. The fourth-order valence-corrected chi connectivity index (χ4v) is 5.02. The Morgan fingerprint density at radius 2 is 1.69 bits per heavy atom. The van der Waals surface area contributed by atoms with Crippen LogP contribution in [0.25, 0.3) is 0 Å². The molecule has 7 heteroatoms. The van der Waals surface area contributed by atoms with E-state index >= 15 is 0 Å². The highest BCUT2D eigenvalue weighted by Crippen LogP contribution is 2.32. The average molecular weight is 421 g/mol. The molecule has 5 nitrogen and oxygen atoms in total. The van der Waals surface area contributed by atoms with Crippen LogP contribution in [-0.2, 0) is 10.0 Å². The molecule has 1 saturated heterocycles. The van der Waals surface area contributed by atoms with Crippen LogP contribution in [0.15, 0.2) is 47.4 Å². The number of ether oxygens (including phenoxy) is 1. The predicted molar refractivity (Wildman–Crippen MR) is 114 cm³/mol. The van der Waals surface area contributed by atoms with E-state index in [1.54, 1.807) is 30.3 Å². The summed E-state index contributed by atoms with van der Waals surface area (Å²) in [5.74, 6) is 0.687. The van der Waals surface area contributed by atoms with Gasteiger partial charge in [0.15, 0.2) is 0 Å². The Balaban J connectivity index is 1.78. The fraction of sp³-hybridized carbons (Fsp3) is 0.455. The molecule has 0 aromatic heterocycles. The van der Waals surface area contributed by atoms with Crippen molar-refractivity contribution in [1.82, 2.24) is 4.31 Å². The number of anilines is 1. The summed E-state index contributed by atoms with van der Waals surface area (Å²) >= 11 is 0. The van der Waals surface area contributed by atoms with Crippen LogP contribution in [0.5, 0.6) is 5.75 Å². The van der Waals surface area contributed by atoms with E-state index in [4.69, 9.17) is 4.74 Å². The molecule has 0 radical (unpaired) electrons. The number of rotatable bonds is 7. The first-order valence-corrected chi connectivity index (χ1v) is 11.6. The molecule has 1 aliphatic rings. The topological polar surface area (TPSA) is 49.9 Å². The first-order valence-electron chi connectivity index (χ1n) is 10.1. The Kier molecular flexibility index (Phi) is 6.80. The molecule has 0 unspecified atom stereocenters. The van der Waals surface area contributed by atoms with Crippen LogP contribution in [0.2, 0.25) is 0 Å². The van der Waals surface area contributed by atoms with E-state index in [0.29, 0.717) is 37.7 Å². The van der Waals surface area contributed by atoms with Crippen LogP contribution >= 0.6 is 0 Å². The normalized spacial score (nSPS) is 16.6. The van der Waals surface area contributed by atoms with Gasteiger partial charge in [0.2, 0.25) is 10.0 Å². The van der Waals surface area contributed by atoms with Gasteiger partial charge in [-0.15, -0.1) is 0 Å². The fourth-order valence-electron chi connectivity index (χ4n) is 3.57. The third-order valence-electron chi connectivity index (χ3n) is 5.49. The number of nitrogens with zero attached hydrogens (tertiary/aromatic N) is 2. The van der Waals surface area contributed by atoms with E-state index in [0.717, 1.165) is 23.4 Å². The zero-order chi connectivity index (χ0) is 21.0. The molecule has 0 saturated carbocycles. The molecule has 1 heterocycles. The Morgan fingerprint density at radius 3 is 2.28 bits per heavy atom. The van der Waals surface area contributed by atoms with Crippen molar-refractivity contribution in [1.29, 1.82) is 0 Å². The summed E-state index contributed by atoms with van der Waals surface area (Å²) in [6.07, 6.45) is 0.903. The highest BCUT2D eigenvalue weighted by Gasteiger charge is 2.29. The van der Waals surface area contributed by atoms with Crippen molar-refractivity contribution in [2.75, 3.05) is 37.7 Å². The summed E-state index contributed by atoms with van der Waals surface area (Å²) < 4.78 is 46.8. The lowest BCUT2D eigenvalue weighted by molar-refractivity contribution is 0.334. The molecule has 0 bridgehead atoms. The molecule has 1 atom stereocenters. The van der Waals surface area contributed by atoms with E-state index < -0.39 is 10.0 Å². The highest BCUT2D eigenvalue weighted by molar-refractivity contribution is 7.89. The SMILES string of the molecule is CCOc1ccc(S(=O)(=O)N2CCN(c3ccc(F)cc3)CC2)cc1[C@@H](C)CC. The van der Waals surface area contributed by atoms with E-state index in [-0.39, 0.29) is 11.7 Å². The van der Waals surface area contributed by atoms with Gasteiger partial charge in [0.1, 0.15) is 11.6 Å². The molecule has 0 aliphatic carbocycles. The van der Waals surface area contributed by atoms with Crippen LogP contribution in [-0.4, -0.2) is 45.5 Å².